The van der Waals surface area contributed by atoms with Gasteiger partial charge in [-0.2, -0.15) is 0 Å². The van der Waals surface area contributed by atoms with E-state index >= 15 is 0 Å². The van der Waals surface area contributed by atoms with Crippen molar-refractivity contribution in [3.63, 3.8) is 0 Å². The number of carbonyl (C=O) groups excluding carboxylic acids is 3. The van der Waals surface area contributed by atoms with E-state index in [1.165, 1.54) is 7.11 Å². The molecule has 1 saturated heterocycles. The molecule has 0 aliphatic carbocycles. The molecule has 1 N–H and O–H groups in total. The van der Waals surface area contributed by atoms with Gasteiger partial charge < -0.3 is 15.0 Å². The van der Waals surface area contributed by atoms with Gasteiger partial charge in [0.2, 0.25) is 11.8 Å². The second-order valence-corrected chi connectivity index (χ2v) is 7.23. The van der Waals surface area contributed by atoms with Crippen molar-refractivity contribution in [1.82, 2.24) is 10.2 Å². The molecule has 1 atom stereocenters. The number of piperidine rings is 1. The number of esters is 1. The molecule has 0 radical (unpaired) electrons. The summed E-state index contributed by atoms with van der Waals surface area (Å²) in [4.78, 5) is 38.3. The Kier molecular flexibility index (Phi) is 8.10. The Morgan fingerprint density at radius 3 is 2.41 bits per heavy atom. The number of halogens is 1. The molecule has 1 unspecified atom stereocenters. The molecule has 1 aliphatic heterocycles. The Balaban J connectivity index is 1.98. The summed E-state index contributed by atoms with van der Waals surface area (Å²) in [6, 6.07) is 6.57. The molecule has 0 spiro atoms. The standard InChI is InChI=1S/C20H27ClN2O4/c1-3-4-18(24)23-11-9-15(10-12-23)20(26)22-17(13-19(25)27-2)14-5-7-16(21)8-6-14/h5-8,15,17H,3-4,9-13H2,1-2H3,(H,22,26). The number of carbonyl (C=O) groups is 3. The molecule has 7 heteroatoms. The lowest BCUT2D eigenvalue weighted by molar-refractivity contribution is -0.142. The number of ether oxygens (including phenoxy) is 1. The Morgan fingerprint density at radius 2 is 1.85 bits per heavy atom. The third-order valence-electron chi connectivity index (χ3n) is 4.87. The normalized spacial score (nSPS) is 15.9. The average Bonchev–Trinajstić information content (AvgIpc) is 2.68. The van der Waals surface area contributed by atoms with Crippen LogP contribution >= 0.6 is 11.6 Å². The number of methoxy groups -OCH3 is 1. The van der Waals surface area contributed by atoms with Gasteiger partial charge in [0.1, 0.15) is 0 Å². The second kappa shape index (κ2) is 10.3. The van der Waals surface area contributed by atoms with Crippen LogP contribution < -0.4 is 5.32 Å². The zero-order chi connectivity index (χ0) is 19.8. The molecule has 1 aromatic carbocycles. The summed E-state index contributed by atoms with van der Waals surface area (Å²) < 4.78 is 4.76. The van der Waals surface area contributed by atoms with Crippen molar-refractivity contribution in [3.05, 3.63) is 34.9 Å². The minimum Gasteiger partial charge on any atom is -0.469 e. The fourth-order valence-electron chi connectivity index (χ4n) is 3.25. The highest BCUT2D eigenvalue weighted by Crippen LogP contribution is 2.23. The van der Waals surface area contributed by atoms with Crippen molar-refractivity contribution in [3.8, 4) is 0 Å². The van der Waals surface area contributed by atoms with E-state index in [2.05, 4.69) is 5.32 Å². The zero-order valence-corrected chi connectivity index (χ0v) is 16.6. The van der Waals surface area contributed by atoms with E-state index in [9.17, 15) is 14.4 Å². The molecular formula is C20H27ClN2O4. The van der Waals surface area contributed by atoms with E-state index in [4.69, 9.17) is 16.3 Å². The number of hydrogen-bond donors (Lipinski definition) is 1. The first-order valence-electron chi connectivity index (χ1n) is 9.35. The lowest BCUT2D eigenvalue weighted by Gasteiger charge is -2.32. The lowest BCUT2D eigenvalue weighted by atomic mass is 9.94. The quantitative estimate of drug-likeness (QED) is 0.721. The predicted molar refractivity (Wildman–Crippen MR) is 103 cm³/mol. The molecule has 1 aliphatic rings. The van der Waals surface area contributed by atoms with Gasteiger partial charge in [0.05, 0.1) is 19.6 Å². The van der Waals surface area contributed by atoms with Crippen LogP contribution in [0.15, 0.2) is 24.3 Å². The summed E-state index contributed by atoms with van der Waals surface area (Å²) in [5, 5.41) is 3.56. The molecule has 0 bridgehead atoms. The summed E-state index contributed by atoms with van der Waals surface area (Å²) in [6.07, 6.45) is 2.70. The fraction of sp³-hybridized carbons (Fsp3) is 0.550. The molecule has 2 rings (SSSR count). The first-order chi connectivity index (χ1) is 12.9. The maximum absolute atomic E-state index is 12.7. The zero-order valence-electron chi connectivity index (χ0n) is 15.9. The molecule has 0 saturated carbocycles. The van der Waals surface area contributed by atoms with Gasteiger partial charge in [0.25, 0.3) is 0 Å². The number of nitrogens with zero attached hydrogens (tertiary/aromatic N) is 1. The fourth-order valence-corrected chi connectivity index (χ4v) is 3.38. The minimum atomic E-state index is -0.470. The van der Waals surface area contributed by atoms with Gasteiger partial charge >= 0.3 is 5.97 Å². The summed E-state index contributed by atoms with van der Waals surface area (Å²) in [7, 11) is 1.33. The number of hydrogen-bond acceptors (Lipinski definition) is 4. The molecule has 1 aromatic rings. The largest absolute Gasteiger partial charge is 0.469 e. The Bertz CT molecular complexity index is 654. The Morgan fingerprint density at radius 1 is 1.22 bits per heavy atom. The van der Waals surface area contributed by atoms with E-state index < -0.39 is 12.0 Å². The number of amides is 2. The molecule has 148 valence electrons. The number of nitrogens with one attached hydrogen (secondary N) is 1. The van der Waals surface area contributed by atoms with E-state index in [0.29, 0.717) is 37.4 Å². The van der Waals surface area contributed by atoms with E-state index in [1.54, 1.807) is 24.3 Å². The van der Waals surface area contributed by atoms with Gasteiger partial charge in [-0.3, -0.25) is 14.4 Å². The maximum Gasteiger partial charge on any atom is 0.307 e. The van der Waals surface area contributed by atoms with Gasteiger partial charge in [-0.15, -0.1) is 0 Å². The topological polar surface area (TPSA) is 75.7 Å². The highest BCUT2D eigenvalue weighted by atomic mass is 35.5. The molecule has 27 heavy (non-hydrogen) atoms. The molecule has 6 nitrogen and oxygen atoms in total. The first-order valence-corrected chi connectivity index (χ1v) is 9.72. The summed E-state index contributed by atoms with van der Waals surface area (Å²) >= 11 is 5.93. The summed E-state index contributed by atoms with van der Waals surface area (Å²) in [5.41, 5.74) is 0.800. The van der Waals surface area contributed by atoms with Crippen LogP contribution in [-0.2, 0) is 19.1 Å². The monoisotopic (exact) mass is 394 g/mol. The van der Waals surface area contributed by atoms with Crippen LogP contribution in [0.3, 0.4) is 0 Å². The number of rotatable bonds is 7. The van der Waals surface area contributed by atoms with Gasteiger partial charge in [0, 0.05) is 30.5 Å². The first kappa shape index (κ1) is 21.2. The smallest absolute Gasteiger partial charge is 0.307 e. The molecule has 2 amide bonds. The average molecular weight is 395 g/mol. The molecule has 1 fully saturated rings. The van der Waals surface area contributed by atoms with Gasteiger partial charge in [-0.25, -0.2) is 0 Å². The predicted octanol–water partition coefficient (Wildman–Crippen LogP) is 3.10. The maximum atomic E-state index is 12.7. The number of likely N-dealkylation sites (tertiary alicyclic amines) is 1. The van der Waals surface area contributed by atoms with Crippen LogP contribution in [0.4, 0.5) is 0 Å². The van der Waals surface area contributed by atoms with E-state index in [1.807, 2.05) is 11.8 Å². The lowest BCUT2D eigenvalue weighted by Crippen LogP contribution is -2.43. The third kappa shape index (κ3) is 6.24. The van der Waals surface area contributed by atoms with E-state index in [-0.39, 0.29) is 24.2 Å². The minimum absolute atomic E-state index is 0.0533. The SMILES string of the molecule is CCCC(=O)N1CCC(C(=O)NC(CC(=O)OC)c2ccc(Cl)cc2)CC1. The van der Waals surface area contributed by atoms with Crippen LogP contribution in [0.2, 0.25) is 5.02 Å². The van der Waals surface area contributed by atoms with Crippen LogP contribution in [0, 0.1) is 5.92 Å². The summed E-state index contributed by atoms with van der Waals surface area (Å²) in [6.45, 7) is 3.18. The third-order valence-corrected chi connectivity index (χ3v) is 5.12. The molecule has 1 heterocycles. The Hall–Kier alpha value is -2.08. The van der Waals surface area contributed by atoms with Crippen molar-refractivity contribution in [1.29, 1.82) is 0 Å². The van der Waals surface area contributed by atoms with Crippen molar-refractivity contribution in [2.24, 2.45) is 5.92 Å². The van der Waals surface area contributed by atoms with Crippen LogP contribution in [-0.4, -0.2) is 42.9 Å². The molecular weight excluding hydrogens is 368 g/mol. The van der Waals surface area contributed by atoms with Gasteiger partial charge in [-0.05, 0) is 37.0 Å². The van der Waals surface area contributed by atoms with Crippen LogP contribution in [0.5, 0.6) is 0 Å². The van der Waals surface area contributed by atoms with Crippen molar-refractivity contribution < 1.29 is 19.1 Å². The van der Waals surface area contributed by atoms with Gasteiger partial charge in [-0.1, -0.05) is 30.7 Å². The second-order valence-electron chi connectivity index (χ2n) is 6.80. The van der Waals surface area contributed by atoms with Crippen molar-refractivity contribution >= 4 is 29.4 Å². The highest BCUT2D eigenvalue weighted by Gasteiger charge is 2.29. The van der Waals surface area contributed by atoms with Crippen LogP contribution in [0.25, 0.3) is 0 Å². The van der Waals surface area contributed by atoms with Crippen molar-refractivity contribution in [2.45, 2.75) is 45.1 Å². The van der Waals surface area contributed by atoms with Gasteiger partial charge in [0.15, 0.2) is 0 Å². The number of benzene rings is 1. The summed E-state index contributed by atoms with van der Waals surface area (Å²) in [5.74, 6) is -0.499. The van der Waals surface area contributed by atoms with Crippen LogP contribution in [0.1, 0.15) is 50.6 Å². The Labute approximate surface area is 165 Å². The highest BCUT2D eigenvalue weighted by molar-refractivity contribution is 6.30. The van der Waals surface area contributed by atoms with E-state index in [0.717, 1.165) is 12.0 Å². The van der Waals surface area contributed by atoms with Crippen molar-refractivity contribution in [2.75, 3.05) is 20.2 Å². The molecule has 0 aromatic heterocycles.